The maximum Gasteiger partial charge on any atom is 0.268 e. The van der Waals surface area contributed by atoms with Crippen LogP contribution in [0.25, 0.3) is 0 Å². The van der Waals surface area contributed by atoms with E-state index in [1.807, 2.05) is 12.1 Å². The number of carbonyl (C=O) groups excluding carboxylic acids is 1. The minimum atomic E-state index is -0.103. The number of anilines is 1. The Kier molecular flexibility index (Phi) is 5.71. The number of amides is 1. The molecule has 0 spiro atoms. The van der Waals surface area contributed by atoms with Gasteiger partial charge in [0.2, 0.25) is 5.91 Å². The van der Waals surface area contributed by atoms with Crippen LogP contribution in [0.2, 0.25) is 0 Å². The summed E-state index contributed by atoms with van der Waals surface area (Å²) >= 11 is 0. The molecule has 2 aromatic rings. The van der Waals surface area contributed by atoms with Gasteiger partial charge in [-0.3, -0.25) is 9.59 Å². The van der Waals surface area contributed by atoms with Crippen molar-refractivity contribution in [2.45, 2.75) is 26.2 Å². The summed E-state index contributed by atoms with van der Waals surface area (Å²) in [6, 6.07) is 9.83. The number of aromatic nitrogens is 2. The summed E-state index contributed by atoms with van der Waals surface area (Å²) in [5.41, 5.74) is 3.08. The fourth-order valence-corrected chi connectivity index (χ4v) is 3.27. The average molecular weight is 354 g/mol. The molecule has 1 atom stereocenters. The molecule has 1 aromatic heterocycles. The Morgan fingerprint density at radius 2 is 2.00 bits per heavy atom. The van der Waals surface area contributed by atoms with Gasteiger partial charge in [0.1, 0.15) is 0 Å². The second-order valence-corrected chi connectivity index (χ2v) is 6.93. The number of nitrogens with one attached hydrogen (secondary N) is 1. The Morgan fingerprint density at radius 1 is 1.27 bits per heavy atom. The topological polar surface area (TPSA) is 67.2 Å². The summed E-state index contributed by atoms with van der Waals surface area (Å²) in [6.45, 7) is 4.50. The minimum absolute atomic E-state index is 0.0583. The third-order valence-corrected chi connectivity index (χ3v) is 4.99. The Bertz CT molecular complexity index is 813. The molecule has 3 rings (SSSR count). The molecular formula is C20H26N4O2. The first-order valence-electron chi connectivity index (χ1n) is 9.18. The van der Waals surface area contributed by atoms with Crippen molar-refractivity contribution in [3.63, 3.8) is 0 Å². The van der Waals surface area contributed by atoms with Gasteiger partial charge in [-0.15, -0.1) is 0 Å². The molecule has 138 valence electrons. The van der Waals surface area contributed by atoms with Gasteiger partial charge in [-0.25, -0.2) is 4.68 Å². The number of carbonyl (C=O) groups is 1. The summed E-state index contributed by atoms with van der Waals surface area (Å²) in [5.74, 6) is 0.452. The van der Waals surface area contributed by atoms with Gasteiger partial charge in [0.05, 0.1) is 18.3 Å². The zero-order valence-electron chi connectivity index (χ0n) is 15.4. The zero-order valence-corrected chi connectivity index (χ0v) is 15.4. The van der Waals surface area contributed by atoms with Gasteiger partial charge in [-0.05, 0) is 29.9 Å². The van der Waals surface area contributed by atoms with Crippen LogP contribution in [-0.2, 0) is 24.7 Å². The van der Waals surface area contributed by atoms with Crippen LogP contribution in [0.5, 0.6) is 0 Å². The first-order valence-corrected chi connectivity index (χ1v) is 9.18. The highest BCUT2D eigenvalue weighted by Crippen LogP contribution is 2.21. The molecular weight excluding hydrogens is 328 g/mol. The van der Waals surface area contributed by atoms with Gasteiger partial charge in [0, 0.05) is 32.7 Å². The summed E-state index contributed by atoms with van der Waals surface area (Å²) < 4.78 is 1.32. The summed E-state index contributed by atoms with van der Waals surface area (Å²) in [4.78, 5) is 26.1. The van der Waals surface area contributed by atoms with Crippen molar-refractivity contribution >= 4 is 11.6 Å². The molecule has 1 aromatic carbocycles. The smallest absolute Gasteiger partial charge is 0.268 e. The Morgan fingerprint density at radius 3 is 2.69 bits per heavy atom. The highest BCUT2D eigenvalue weighted by Gasteiger charge is 2.23. The molecule has 0 radical (unpaired) electrons. The lowest BCUT2D eigenvalue weighted by Gasteiger charge is -2.18. The lowest BCUT2D eigenvalue weighted by molar-refractivity contribution is -0.120. The minimum Gasteiger partial charge on any atom is -0.370 e. The largest absolute Gasteiger partial charge is 0.370 e. The summed E-state index contributed by atoms with van der Waals surface area (Å²) in [7, 11) is 1.64. The Balaban J connectivity index is 1.47. The first-order chi connectivity index (χ1) is 12.5. The lowest BCUT2D eigenvalue weighted by atomic mass is 10.1. The van der Waals surface area contributed by atoms with Gasteiger partial charge in [0.15, 0.2) is 0 Å². The Labute approximate surface area is 153 Å². The maximum absolute atomic E-state index is 12.2. The highest BCUT2D eigenvalue weighted by molar-refractivity contribution is 5.78. The van der Waals surface area contributed by atoms with Crippen molar-refractivity contribution in [1.82, 2.24) is 15.1 Å². The number of benzene rings is 1. The van der Waals surface area contributed by atoms with Crippen molar-refractivity contribution in [3.05, 3.63) is 58.0 Å². The fourth-order valence-electron chi connectivity index (χ4n) is 3.27. The van der Waals surface area contributed by atoms with Crippen LogP contribution in [0, 0.1) is 5.92 Å². The van der Waals surface area contributed by atoms with Crippen LogP contribution >= 0.6 is 0 Å². The molecule has 6 heteroatoms. The predicted molar refractivity (Wildman–Crippen MR) is 102 cm³/mol. The number of rotatable bonds is 6. The molecule has 0 bridgehead atoms. The van der Waals surface area contributed by atoms with Gasteiger partial charge in [-0.1, -0.05) is 31.2 Å². The number of hydrogen-bond acceptors (Lipinski definition) is 4. The molecule has 1 aliphatic heterocycles. The SMILES string of the molecule is CCc1ccc(CC(=O)NCC2CCN(c3cnn(C)c(=O)c3)C2)cc1. The van der Waals surface area contributed by atoms with Gasteiger partial charge >= 0.3 is 0 Å². The van der Waals surface area contributed by atoms with Crippen LogP contribution in [0.15, 0.2) is 41.3 Å². The van der Waals surface area contributed by atoms with Gasteiger partial charge in [0.25, 0.3) is 5.56 Å². The monoisotopic (exact) mass is 354 g/mol. The molecule has 6 nitrogen and oxygen atoms in total. The van der Waals surface area contributed by atoms with Crippen LogP contribution in [-0.4, -0.2) is 35.3 Å². The van der Waals surface area contributed by atoms with Crippen molar-refractivity contribution in [3.8, 4) is 0 Å². The molecule has 0 aliphatic carbocycles. The molecule has 1 aliphatic rings. The first kappa shape index (κ1) is 18.2. The van der Waals surface area contributed by atoms with Crippen molar-refractivity contribution in [2.24, 2.45) is 13.0 Å². The van der Waals surface area contributed by atoms with E-state index in [1.54, 1.807) is 19.3 Å². The third-order valence-electron chi connectivity index (χ3n) is 4.99. The van der Waals surface area contributed by atoms with E-state index >= 15 is 0 Å². The normalized spacial score (nSPS) is 16.7. The van der Waals surface area contributed by atoms with Gasteiger partial charge < -0.3 is 10.2 Å². The molecule has 0 saturated carbocycles. The van der Waals surface area contributed by atoms with Gasteiger partial charge in [-0.2, -0.15) is 5.10 Å². The van der Waals surface area contributed by atoms with E-state index in [1.165, 1.54) is 10.2 Å². The molecule has 1 unspecified atom stereocenters. The van der Waals surface area contributed by atoms with Crippen molar-refractivity contribution < 1.29 is 4.79 Å². The van der Waals surface area contributed by atoms with E-state index in [2.05, 4.69) is 34.4 Å². The molecule has 1 N–H and O–H groups in total. The number of nitrogens with zero attached hydrogens (tertiary/aromatic N) is 3. The molecule has 2 heterocycles. The summed E-state index contributed by atoms with van der Waals surface area (Å²) in [5, 5.41) is 7.12. The molecule has 1 fully saturated rings. The van der Waals surface area contributed by atoms with E-state index in [4.69, 9.17) is 0 Å². The van der Waals surface area contributed by atoms with Crippen LogP contribution in [0.1, 0.15) is 24.5 Å². The second kappa shape index (κ2) is 8.17. The van der Waals surface area contributed by atoms with Crippen LogP contribution < -0.4 is 15.8 Å². The van der Waals surface area contributed by atoms with Crippen LogP contribution in [0.4, 0.5) is 5.69 Å². The fraction of sp³-hybridized carbons (Fsp3) is 0.450. The van der Waals surface area contributed by atoms with E-state index in [9.17, 15) is 9.59 Å². The second-order valence-electron chi connectivity index (χ2n) is 6.93. The average Bonchev–Trinajstić information content (AvgIpc) is 3.12. The van der Waals surface area contributed by atoms with Crippen molar-refractivity contribution in [2.75, 3.05) is 24.5 Å². The number of hydrogen-bond donors (Lipinski definition) is 1. The third kappa shape index (κ3) is 4.50. The molecule has 1 amide bonds. The quantitative estimate of drug-likeness (QED) is 0.854. The summed E-state index contributed by atoms with van der Waals surface area (Å²) in [6.07, 6.45) is 4.15. The van der Waals surface area contributed by atoms with E-state index in [0.29, 0.717) is 18.9 Å². The van der Waals surface area contributed by atoms with E-state index in [0.717, 1.165) is 37.2 Å². The maximum atomic E-state index is 12.2. The zero-order chi connectivity index (χ0) is 18.5. The van der Waals surface area contributed by atoms with E-state index in [-0.39, 0.29) is 11.5 Å². The van der Waals surface area contributed by atoms with Crippen molar-refractivity contribution in [1.29, 1.82) is 0 Å². The standard InChI is InChI=1S/C20H26N4O2/c1-3-15-4-6-16(7-5-15)10-19(25)21-12-17-8-9-24(14-17)18-11-20(26)23(2)22-13-18/h4-7,11,13,17H,3,8-10,12,14H2,1-2H3,(H,21,25). The van der Waals surface area contributed by atoms with Crippen LogP contribution in [0.3, 0.4) is 0 Å². The van der Waals surface area contributed by atoms with E-state index < -0.39 is 0 Å². The molecule has 26 heavy (non-hydrogen) atoms. The molecule has 1 saturated heterocycles. The Hall–Kier alpha value is -2.63. The highest BCUT2D eigenvalue weighted by atomic mass is 16.1. The number of aryl methyl sites for hydroxylation is 2. The predicted octanol–water partition coefficient (Wildman–Crippen LogP) is 1.53. The lowest BCUT2D eigenvalue weighted by Crippen LogP contribution is -2.32.